The summed E-state index contributed by atoms with van der Waals surface area (Å²) in [7, 11) is 2.13. The molecule has 2 saturated heterocycles. The summed E-state index contributed by atoms with van der Waals surface area (Å²) in [4.78, 5) is 13.2. The van der Waals surface area contributed by atoms with Gasteiger partial charge in [0.1, 0.15) is 12.0 Å². The van der Waals surface area contributed by atoms with Crippen LogP contribution in [-0.2, 0) is 4.74 Å². The molecular weight excluding hydrogens is 308 g/mol. The van der Waals surface area contributed by atoms with Crippen LogP contribution in [-0.4, -0.2) is 97.4 Å². The number of hydrazine groups is 1. The minimum atomic E-state index is 0.568. The third kappa shape index (κ3) is 4.67. The van der Waals surface area contributed by atoms with Gasteiger partial charge in [0.2, 0.25) is 0 Å². The van der Waals surface area contributed by atoms with E-state index in [0.717, 1.165) is 65.6 Å². The van der Waals surface area contributed by atoms with Crippen molar-refractivity contribution >= 4 is 17.3 Å². The number of anilines is 3. The normalized spacial score (nSPS) is 20.9. The number of hydrogen-bond donors (Lipinski definition) is 3. The highest BCUT2D eigenvalue weighted by Crippen LogP contribution is 2.22. The molecule has 1 aromatic rings. The molecule has 0 unspecified atom stereocenters. The van der Waals surface area contributed by atoms with Crippen LogP contribution in [0.25, 0.3) is 0 Å². The Labute approximate surface area is 143 Å². The second kappa shape index (κ2) is 8.43. The Morgan fingerprint density at radius 3 is 2.54 bits per heavy atom. The Morgan fingerprint density at radius 1 is 1.08 bits per heavy atom. The van der Waals surface area contributed by atoms with E-state index in [0.29, 0.717) is 17.3 Å². The fourth-order valence-corrected chi connectivity index (χ4v) is 2.85. The first-order valence-electron chi connectivity index (χ1n) is 8.57. The van der Waals surface area contributed by atoms with E-state index in [1.165, 1.54) is 0 Å². The van der Waals surface area contributed by atoms with E-state index in [9.17, 15) is 0 Å². The zero-order valence-corrected chi connectivity index (χ0v) is 14.4. The molecule has 2 fully saturated rings. The van der Waals surface area contributed by atoms with E-state index in [1.807, 2.05) is 0 Å². The number of nitrogens with two attached hydrogens (primary N) is 1. The molecule has 3 heterocycles. The fraction of sp³-hybridized carbons (Fsp3) is 0.733. The van der Waals surface area contributed by atoms with Crippen molar-refractivity contribution < 1.29 is 4.74 Å². The van der Waals surface area contributed by atoms with Gasteiger partial charge < -0.3 is 26.1 Å². The van der Waals surface area contributed by atoms with Crippen molar-refractivity contribution in [2.75, 3.05) is 89.1 Å². The molecule has 0 bridgehead atoms. The minimum Gasteiger partial charge on any atom is -0.393 e. The molecule has 0 aromatic carbocycles. The maximum Gasteiger partial charge on any atom is 0.169 e. The molecule has 1 aromatic heterocycles. The molecule has 0 saturated carbocycles. The fourth-order valence-electron chi connectivity index (χ4n) is 2.85. The van der Waals surface area contributed by atoms with Crippen molar-refractivity contribution in [3.8, 4) is 0 Å². The summed E-state index contributed by atoms with van der Waals surface area (Å²) >= 11 is 0. The Balaban J connectivity index is 1.50. The van der Waals surface area contributed by atoms with E-state index in [4.69, 9.17) is 10.5 Å². The predicted octanol–water partition coefficient (Wildman–Crippen LogP) is -0.623. The Bertz CT molecular complexity index is 514. The number of nitrogens with one attached hydrogen (secondary N) is 2. The van der Waals surface area contributed by atoms with Gasteiger partial charge in [-0.1, -0.05) is 0 Å². The smallest absolute Gasteiger partial charge is 0.169 e. The second-order valence-electron chi connectivity index (χ2n) is 6.27. The predicted molar refractivity (Wildman–Crippen MR) is 94.9 cm³/mol. The van der Waals surface area contributed by atoms with Crippen molar-refractivity contribution in [3.05, 3.63) is 6.33 Å². The average Bonchev–Trinajstić information content (AvgIpc) is 2.61. The van der Waals surface area contributed by atoms with Crippen LogP contribution in [0, 0.1) is 0 Å². The van der Waals surface area contributed by atoms with Gasteiger partial charge in [0.15, 0.2) is 11.6 Å². The lowest BCUT2D eigenvalue weighted by Gasteiger charge is -2.33. The van der Waals surface area contributed by atoms with Crippen molar-refractivity contribution in [1.29, 1.82) is 0 Å². The number of aromatic nitrogens is 2. The van der Waals surface area contributed by atoms with Gasteiger partial charge in [0.25, 0.3) is 0 Å². The van der Waals surface area contributed by atoms with Crippen LogP contribution >= 0.6 is 0 Å². The van der Waals surface area contributed by atoms with Crippen LogP contribution in [0.3, 0.4) is 0 Å². The summed E-state index contributed by atoms with van der Waals surface area (Å²) in [5.74, 6) is 1.36. The molecule has 0 radical (unpaired) electrons. The maximum atomic E-state index is 6.23. The van der Waals surface area contributed by atoms with Gasteiger partial charge in [-0.2, -0.15) is 0 Å². The van der Waals surface area contributed by atoms with E-state index in [2.05, 4.69) is 42.6 Å². The van der Waals surface area contributed by atoms with Gasteiger partial charge >= 0.3 is 0 Å². The lowest BCUT2D eigenvalue weighted by atomic mass is 10.3. The van der Waals surface area contributed by atoms with E-state index in [-0.39, 0.29) is 0 Å². The van der Waals surface area contributed by atoms with Gasteiger partial charge in [-0.25, -0.2) is 15.0 Å². The highest BCUT2D eigenvalue weighted by Gasteiger charge is 2.16. The van der Waals surface area contributed by atoms with Gasteiger partial charge in [0, 0.05) is 52.4 Å². The largest absolute Gasteiger partial charge is 0.393 e. The molecule has 9 heteroatoms. The molecule has 0 atom stereocenters. The molecule has 0 spiro atoms. The maximum absolute atomic E-state index is 6.23. The highest BCUT2D eigenvalue weighted by molar-refractivity contribution is 5.73. The molecule has 0 aliphatic carbocycles. The lowest BCUT2D eigenvalue weighted by Crippen LogP contribution is -2.47. The summed E-state index contributed by atoms with van der Waals surface area (Å²) in [5, 5.41) is 5.47. The molecule has 2 aliphatic rings. The third-order valence-corrected chi connectivity index (χ3v) is 4.48. The van der Waals surface area contributed by atoms with E-state index >= 15 is 0 Å². The van der Waals surface area contributed by atoms with Crippen LogP contribution in [0.2, 0.25) is 0 Å². The summed E-state index contributed by atoms with van der Waals surface area (Å²) in [6.07, 6.45) is 1.55. The number of ether oxygens (including phenoxy) is 1. The molecule has 134 valence electrons. The van der Waals surface area contributed by atoms with Crippen molar-refractivity contribution in [3.63, 3.8) is 0 Å². The minimum absolute atomic E-state index is 0.568. The van der Waals surface area contributed by atoms with Crippen molar-refractivity contribution in [1.82, 2.24) is 24.8 Å². The van der Waals surface area contributed by atoms with Crippen LogP contribution in [0.15, 0.2) is 6.33 Å². The van der Waals surface area contributed by atoms with E-state index < -0.39 is 0 Å². The van der Waals surface area contributed by atoms with Gasteiger partial charge in [-0.05, 0) is 7.05 Å². The van der Waals surface area contributed by atoms with Gasteiger partial charge in [0.05, 0.1) is 13.2 Å². The molecule has 9 nitrogen and oxygen atoms in total. The first-order valence-corrected chi connectivity index (χ1v) is 8.57. The second-order valence-corrected chi connectivity index (χ2v) is 6.27. The topological polar surface area (TPSA) is 94.8 Å². The van der Waals surface area contributed by atoms with E-state index in [1.54, 1.807) is 6.33 Å². The summed E-state index contributed by atoms with van der Waals surface area (Å²) in [6.45, 7) is 9.30. The highest BCUT2D eigenvalue weighted by atomic mass is 16.5. The summed E-state index contributed by atoms with van der Waals surface area (Å²) < 4.78 is 5.36. The quantitative estimate of drug-likeness (QED) is 0.628. The SMILES string of the molecule is CN1CCN(Nc2ncnc(NCCN3CCOCC3)c2N)CC1. The van der Waals surface area contributed by atoms with Crippen molar-refractivity contribution in [2.24, 2.45) is 0 Å². The molecule has 3 rings (SSSR count). The molecule has 2 aliphatic heterocycles. The summed E-state index contributed by atoms with van der Waals surface area (Å²) in [5.41, 5.74) is 10.1. The van der Waals surface area contributed by atoms with Crippen LogP contribution in [0.1, 0.15) is 0 Å². The Hall–Kier alpha value is -1.68. The number of rotatable bonds is 6. The lowest BCUT2D eigenvalue weighted by molar-refractivity contribution is 0.0398. The first kappa shape index (κ1) is 17.2. The molecular formula is C15H28N8O. The zero-order chi connectivity index (χ0) is 16.8. The van der Waals surface area contributed by atoms with Gasteiger partial charge in [-0.15, -0.1) is 0 Å². The monoisotopic (exact) mass is 336 g/mol. The van der Waals surface area contributed by atoms with Crippen LogP contribution in [0.5, 0.6) is 0 Å². The van der Waals surface area contributed by atoms with Crippen LogP contribution in [0.4, 0.5) is 17.3 Å². The molecule has 0 amide bonds. The number of morpholine rings is 1. The molecule has 4 N–H and O–H groups in total. The average molecular weight is 336 g/mol. The Morgan fingerprint density at radius 2 is 1.79 bits per heavy atom. The number of likely N-dealkylation sites (N-methyl/N-ethyl adjacent to an activating group) is 1. The summed E-state index contributed by atoms with van der Waals surface area (Å²) in [6, 6.07) is 0. The first-order chi connectivity index (χ1) is 11.7. The molecule has 24 heavy (non-hydrogen) atoms. The number of nitrogens with zero attached hydrogens (tertiary/aromatic N) is 5. The van der Waals surface area contributed by atoms with Crippen LogP contribution < -0.4 is 16.5 Å². The number of hydrogen-bond acceptors (Lipinski definition) is 9. The number of piperazine rings is 1. The zero-order valence-electron chi connectivity index (χ0n) is 14.4. The van der Waals surface area contributed by atoms with Crippen molar-refractivity contribution in [2.45, 2.75) is 0 Å². The number of nitrogen functional groups attached to an aromatic ring is 1. The van der Waals surface area contributed by atoms with Gasteiger partial charge in [-0.3, -0.25) is 4.90 Å². The third-order valence-electron chi connectivity index (χ3n) is 4.48. The Kier molecular flexibility index (Phi) is 6.02. The standard InChI is InChI=1S/C15H28N8O/c1-21-4-6-23(7-5-21)20-15-13(16)14(18-12-19-15)17-2-3-22-8-10-24-11-9-22/h12H,2-11,16H2,1H3,(H2,17,18,19,20).